The van der Waals surface area contributed by atoms with Gasteiger partial charge in [-0.25, -0.2) is 8.42 Å². The number of hydrogen-bond acceptors (Lipinski definition) is 2. The Morgan fingerprint density at radius 1 is 1.50 bits per heavy atom. The summed E-state index contributed by atoms with van der Waals surface area (Å²) in [5, 5.41) is 0. The minimum absolute atomic E-state index is 0.193. The molecule has 1 saturated heterocycles. The van der Waals surface area contributed by atoms with E-state index in [-0.39, 0.29) is 19.0 Å². The van der Waals surface area contributed by atoms with E-state index in [0.717, 1.165) is 4.31 Å². The average Bonchev–Trinajstić information content (AvgIpc) is 2.35. The lowest BCUT2D eigenvalue weighted by Crippen LogP contribution is -2.33. The van der Waals surface area contributed by atoms with E-state index in [2.05, 4.69) is 0 Å². The molecule has 0 N–H and O–H groups in total. The first-order valence-electron chi connectivity index (χ1n) is 3.71. The van der Waals surface area contributed by atoms with E-state index in [4.69, 9.17) is 0 Å². The number of sulfonamides is 1. The Morgan fingerprint density at radius 3 is 2.42 bits per heavy atom. The van der Waals surface area contributed by atoms with Gasteiger partial charge in [0.1, 0.15) is 0 Å². The van der Waals surface area contributed by atoms with Crippen LogP contribution in [0.25, 0.3) is 0 Å². The summed E-state index contributed by atoms with van der Waals surface area (Å²) < 4.78 is 46.5. The van der Waals surface area contributed by atoms with E-state index < -0.39 is 15.8 Å². The average molecular weight is 199 g/mol. The summed E-state index contributed by atoms with van der Waals surface area (Å²) in [6.45, 7) is 2.31. The maximum absolute atomic E-state index is 12.0. The van der Waals surface area contributed by atoms with Gasteiger partial charge in [-0.1, -0.05) is 6.92 Å². The van der Waals surface area contributed by atoms with E-state index in [0.29, 0.717) is 6.42 Å². The third kappa shape index (κ3) is 1.74. The van der Waals surface area contributed by atoms with Gasteiger partial charge in [0.2, 0.25) is 0 Å². The highest BCUT2D eigenvalue weighted by Gasteiger charge is 2.35. The summed E-state index contributed by atoms with van der Waals surface area (Å²) in [5.41, 5.74) is 0. The summed E-state index contributed by atoms with van der Waals surface area (Å²) in [6.07, 6.45) is 0.673. The van der Waals surface area contributed by atoms with Crippen LogP contribution < -0.4 is 0 Å². The summed E-state index contributed by atoms with van der Waals surface area (Å²) >= 11 is 0. The van der Waals surface area contributed by atoms with Crippen LogP contribution in [0.4, 0.5) is 8.78 Å². The molecule has 0 spiro atoms. The van der Waals surface area contributed by atoms with Crippen LogP contribution in [-0.4, -0.2) is 31.6 Å². The molecule has 1 aliphatic heterocycles. The van der Waals surface area contributed by atoms with Gasteiger partial charge in [-0.05, 0) is 12.3 Å². The molecule has 6 heteroatoms. The fourth-order valence-electron chi connectivity index (χ4n) is 1.24. The Labute approximate surface area is 70.4 Å². The molecule has 1 unspecified atom stereocenters. The zero-order chi connectivity index (χ0) is 9.35. The van der Waals surface area contributed by atoms with Crippen molar-refractivity contribution in [1.82, 2.24) is 4.31 Å². The number of alkyl halides is 2. The maximum atomic E-state index is 12.0. The molecule has 0 saturated carbocycles. The van der Waals surface area contributed by atoms with Crippen LogP contribution in [-0.2, 0) is 10.0 Å². The lowest BCUT2D eigenvalue weighted by molar-refractivity contribution is 0.222. The number of rotatable bonds is 2. The fourth-order valence-corrected chi connectivity index (χ4v) is 2.29. The van der Waals surface area contributed by atoms with Crippen LogP contribution in [0, 0.1) is 5.92 Å². The predicted molar refractivity (Wildman–Crippen MR) is 40.3 cm³/mol. The molecule has 0 aromatic heterocycles. The summed E-state index contributed by atoms with van der Waals surface area (Å²) in [6, 6.07) is 0. The maximum Gasteiger partial charge on any atom is 0.350 e. The Kier molecular flexibility index (Phi) is 2.67. The normalized spacial score (nSPS) is 26.8. The van der Waals surface area contributed by atoms with Crippen LogP contribution in [0.3, 0.4) is 0 Å². The number of hydrogen-bond donors (Lipinski definition) is 0. The highest BCUT2D eigenvalue weighted by Crippen LogP contribution is 2.21. The molecule has 0 radical (unpaired) electrons. The molecule has 0 aromatic carbocycles. The summed E-state index contributed by atoms with van der Waals surface area (Å²) in [5.74, 6) is -3.08. The van der Waals surface area contributed by atoms with Gasteiger partial charge in [0, 0.05) is 13.1 Å². The van der Waals surface area contributed by atoms with Crippen molar-refractivity contribution in [3.05, 3.63) is 0 Å². The first-order valence-corrected chi connectivity index (χ1v) is 5.22. The molecule has 0 aliphatic carbocycles. The lowest BCUT2D eigenvalue weighted by atomic mass is 10.2. The van der Waals surface area contributed by atoms with Gasteiger partial charge < -0.3 is 0 Å². The van der Waals surface area contributed by atoms with Gasteiger partial charge >= 0.3 is 5.76 Å². The summed E-state index contributed by atoms with van der Waals surface area (Å²) in [7, 11) is -4.31. The van der Waals surface area contributed by atoms with Gasteiger partial charge in [-0.2, -0.15) is 13.1 Å². The van der Waals surface area contributed by atoms with Crippen molar-refractivity contribution < 1.29 is 17.2 Å². The SMILES string of the molecule is CC1CCN(S(=O)(=O)C(F)F)C1. The van der Waals surface area contributed by atoms with Crippen molar-refractivity contribution in [2.24, 2.45) is 5.92 Å². The fraction of sp³-hybridized carbons (Fsp3) is 1.00. The zero-order valence-corrected chi connectivity index (χ0v) is 7.52. The van der Waals surface area contributed by atoms with E-state index in [1.165, 1.54) is 0 Å². The molecule has 3 nitrogen and oxygen atoms in total. The Bertz CT molecular complexity index is 252. The molecule has 1 fully saturated rings. The molecule has 0 bridgehead atoms. The molecule has 0 aromatic rings. The van der Waals surface area contributed by atoms with Crippen LogP contribution in [0.1, 0.15) is 13.3 Å². The standard InChI is InChI=1S/C6H11F2NO2S/c1-5-2-3-9(4-5)12(10,11)6(7)8/h5-6H,2-4H2,1H3. The second kappa shape index (κ2) is 3.26. The topological polar surface area (TPSA) is 37.4 Å². The molecular weight excluding hydrogens is 188 g/mol. The van der Waals surface area contributed by atoms with Crippen molar-refractivity contribution in [1.29, 1.82) is 0 Å². The molecule has 72 valence electrons. The molecular formula is C6H11F2NO2S. The van der Waals surface area contributed by atoms with Crippen molar-refractivity contribution in [3.63, 3.8) is 0 Å². The van der Waals surface area contributed by atoms with Crippen LogP contribution >= 0.6 is 0 Å². The second-order valence-electron chi connectivity index (χ2n) is 3.06. The number of nitrogens with zero attached hydrogens (tertiary/aromatic N) is 1. The first-order chi connectivity index (χ1) is 5.44. The van der Waals surface area contributed by atoms with Crippen LogP contribution in [0.2, 0.25) is 0 Å². The third-order valence-electron chi connectivity index (χ3n) is 1.97. The van der Waals surface area contributed by atoms with Gasteiger partial charge in [-0.15, -0.1) is 0 Å². The molecule has 12 heavy (non-hydrogen) atoms. The van der Waals surface area contributed by atoms with Gasteiger partial charge in [-0.3, -0.25) is 0 Å². The highest BCUT2D eigenvalue weighted by molar-refractivity contribution is 7.89. The van der Waals surface area contributed by atoms with Crippen LogP contribution in [0.5, 0.6) is 0 Å². The Hall–Kier alpha value is -0.230. The zero-order valence-electron chi connectivity index (χ0n) is 6.70. The van der Waals surface area contributed by atoms with Gasteiger partial charge in [0.15, 0.2) is 0 Å². The van der Waals surface area contributed by atoms with E-state index in [1.54, 1.807) is 0 Å². The Balaban J connectivity index is 2.71. The minimum atomic E-state index is -4.31. The van der Waals surface area contributed by atoms with E-state index in [9.17, 15) is 17.2 Å². The summed E-state index contributed by atoms with van der Waals surface area (Å²) in [4.78, 5) is 0. The van der Waals surface area contributed by atoms with Crippen molar-refractivity contribution >= 4 is 10.0 Å². The van der Waals surface area contributed by atoms with Gasteiger partial charge in [0.25, 0.3) is 10.0 Å². The first kappa shape index (κ1) is 9.85. The molecule has 0 amide bonds. The molecule has 1 aliphatic rings. The van der Waals surface area contributed by atoms with E-state index >= 15 is 0 Å². The van der Waals surface area contributed by atoms with Crippen molar-refractivity contribution in [2.45, 2.75) is 19.1 Å². The third-order valence-corrected chi connectivity index (χ3v) is 3.47. The van der Waals surface area contributed by atoms with Crippen LogP contribution in [0.15, 0.2) is 0 Å². The number of halogens is 2. The monoisotopic (exact) mass is 199 g/mol. The molecule has 1 atom stereocenters. The lowest BCUT2D eigenvalue weighted by Gasteiger charge is -2.14. The molecule has 1 rings (SSSR count). The van der Waals surface area contributed by atoms with Crippen molar-refractivity contribution in [2.75, 3.05) is 13.1 Å². The quantitative estimate of drug-likeness (QED) is 0.662. The minimum Gasteiger partial charge on any atom is -0.206 e. The molecule has 1 heterocycles. The van der Waals surface area contributed by atoms with E-state index in [1.807, 2.05) is 6.92 Å². The highest BCUT2D eigenvalue weighted by atomic mass is 32.2. The largest absolute Gasteiger partial charge is 0.350 e. The van der Waals surface area contributed by atoms with Gasteiger partial charge in [0.05, 0.1) is 0 Å². The van der Waals surface area contributed by atoms with Crippen molar-refractivity contribution in [3.8, 4) is 0 Å². The second-order valence-corrected chi connectivity index (χ2v) is 4.96. The predicted octanol–water partition coefficient (Wildman–Crippen LogP) is 0.881. The Morgan fingerprint density at radius 2 is 2.08 bits per heavy atom. The smallest absolute Gasteiger partial charge is 0.206 e.